The number of carbonyl (C=O) groups is 2. The van der Waals surface area contributed by atoms with E-state index in [0.717, 1.165) is 32.1 Å². The molecule has 4 aliphatic carbocycles. The lowest BCUT2D eigenvalue weighted by Gasteiger charge is -2.58. The highest BCUT2D eigenvalue weighted by molar-refractivity contribution is 5.95. The molecule has 2 unspecified atom stereocenters. The third-order valence-electron chi connectivity index (χ3n) is 6.51. The van der Waals surface area contributed by atoms with Gasteiger partial charge in [-0.25, -0.2) is 0 Å². The lowest BCUT2D eigenvalue weighted by atomic mass is 9.48. The number of nitro groups is 1. The fourth-order valence-electron chi connectivity index (χ4n) is 5.72. The number of non-ortho nitro benzene ring substituents is 1. The Kier molecular flexibility index (Phi) is 3.97. The van der Waals surface area contributed by atoms with E-state index in [1.54, 1.807) is 6.07 Å². The minimum absolute atomic E-state index is 0.0242. The van der Waals surface area contributed by atoms with Crippen LogP contribution in [0.4, 0.5) is 5.69 Å². The number of rotatable bonds is 4. The number of ether oxygens (including phenoxy) is 1. The van der Waals surface area contributed by atoms with Crippen LogP contribution in [0, 0.1) is 33.3 Å². The number of esters is 1. The summed E-state index contributed by atoms with van der Waals surface area (Å²) < 4.78 is 5.07. The summed E-state index contributed by atoms with van der Waals surface area (Å²) in [4.78, 5) is 35.4. The quantitative estimate of drug-likeness (QED) is 0.507. The first-order valence-corrected chi connectivity index (χ1v) is 9.05. The van der Waals surface area contributed by atoms with Crippen LogP contribution in [0.3, 0.4) is 0 Å². The fourth-order valence-corrected chi connectivity index (χ4v) is 5.72. The van der Waals surface area contributed by atoms with E-state index in [-0.39, 0.29) is 40.9 Å². The first kappa shape index (κ1) is 17.0. The van der Waals surface area contributed by atoms with Gasteiger partial charge in [-0.3, -0.25) is 19.7 Å². The zero-order valence-corrected chi connectivity index (χ0v) is 14.6. The summed E-state index contributed by atoms with van der Waals surface area (Å²) in [5.74, 6) is 0.669. The molecule has 1 N–H and O–H groups in total. The lowest BCUT2D eigenvalue weighted by molar-refractivity contribution is -0.384. The van der Waals surface area contributed by atoms with Crippen molar-refractivity contribution < 1.29 is 19.2 Å². The molecule has 0 heterocycles. The summed E-state index contributed by atoms with van der Waals surface area (Å²) >= 11 is 0. The highest BCUT2D eigenvalue weighted by Gasteiger charge is 2.59. The van der Waals surface area contributed by atoms with E-state index in [9.17, 15) is 19.7 Å². The average Bonchev–Trinajstić information content (AvgIpc) is 2.63. The maximum atomic E-state index is 12.7. The number of carbonyl (C=O) groups excluding carboxylic acids is 2. The first-order valence-electron chi connectivity index (χ1n) is 9.05. The van der Waals surface area contributed by atoms with Crippen LogP contribution >= 0.6 is 0 Å². The van der Waals surface area contributed by atoms with Crippen LogP contribution < -0.4 is 5.32 Å². The number of nitrogens with zero attached hydrogens (tertiary/aromatic N) is 1. The molecule has 1 aromatic rings. The Hall–Kier alpha value is -2.44. The van der Waals surface area contributed by atoms with Gasteiger partial charge in [0.2, 0.25) is 0 Å². The Morgan fingerprint density at radius 1 is 1.23 bits per heavy atom. The van der Waals surface area contributed by atoms with Crippen molar-refractivity contribution in [1.29, 1.82) is 0 Å². The van der Waals surface area contributed by atoms with Crippen molar-refractivity contribution in [3.8, 4) is 0 Å². The summed E-state index contributed by atoms with van der Waals surface area (Å²) in [7, 11) is 1.45. The molecule has 5 rings (SSSR count). The Balaban J connectivity index is 1.52. The van der Waals surface area contributed by atoms with Gasteiger partial charge in [0.05, 0.1) is 17.4 Å². The molecule has 1 amide bonds. The largest absolute Gasteiger partial charge is 0.469 e. The van der Waals surface area contributed by atoms with Crippen molar-refractivity contribution in [2.75, 3.05) is 7.11 Å². The van der Waals surface area contributed by atoms with Gasteiger partial charge in [-0.1, -0.05) is 6.07 Å². The highest BCUT2D eigenvalue weighted by atomic mass is 16.6. The molecular formula is C19H22N2O5. The molecule has 0 spiro atoms. The summed E-state index contributed by atoms with van der Waals surface area (Å²) in [6, 6.07) is 5.82. The summed E-state index contributed by atoms with van der Waals surface area (Å²) in [5, 5.41) is 14.0. The van der Waals surface area contributed by atoms with E-state index in [1.165, 1.54) is 25.3 Å². The van der Waals surface area contributed by atoms with E-state index in [4.69, 9.17) is 4.74 Å². The third-order valence-corrected chi connectivity index (χ3v) is 6.51. The molecule has 4 saturated carbocycles. The second kappa shape index (κ2) is 6.07. The fraction of sp³-hybridized carbons (Fsp3) is 0.579. The number of benzene rings is 1. The van der Waals surface area contributed by atoms with E-state index < -0.39 is 4.92 Å². The summed E-state index contributed by atoms with van der Waals surface area (Å²) in [6.07, 6.45) is 4.46. The van der Waals surface area contributed by atoms with Gasteiger partial charge < -0.3 is 10.1 Å². The van der Waals surface area contributed by atoms with E-state index in [0.29, 0.717) is 11.5 Å². The third kappa shape index (κ3) is 2.66. The molecule has 0 radical (unpaired) electrons. The molecule has 0 saturated heterocycles. The molecular weight excluding hydrogens is 336 g/mol. The number of hydrogen-bond donors (Lipinski definition) is 1. The second-order valence-electron chi connectivity index (χ2n) is 8.05. The van der Waals surface area contributed by atoms with Crippen LogP contribution in [-0.4, -0.2) is 30.0 Å². The number of hydrogen-bond acceptors (Lipinski definition) is 5. The zero-order chi connectivity index (χ0) is 18.5. The Bertz CT molecular complexity index is 761. The van der Waals surface area contributed by atoms with Gasteiger partial charge in [-0.2, -0.15) is 0 Å². The highest BCUT2D eigenvalue weighted by Crippen LogP contribution is 2.60. The molecule has 2 atom stereocenters. The maximum Gasteiger partial charge on any atom is 0.311 e. The molecule has 7 heteroatoms. The number of methoxy groups -OCH3 is 1. The molecule has 4 aliphatic rings. The van der Waals surface area contributed by atoms with Crippen molar-refractivity contribution in [3.63, 3.8) is 0 Å². The molecule has 7 nitrogen and oxygen atoms in total. The molecule has 138 valence electrons. The minimum Gasteiger partial charge on any atom is -0.469 e. The molecule has 0 aliphatic heterocycles. The number of amides is 1. The zero-order valence-electron chi connectivity index (χ0n) is 14.6. The van der Waals surface area contributed by atoms with Crippen molar-refractivity contribution in [3.05, 3.63) is 39.9 Å². The Labute approximate surface area is 151 Å². The van der Waals surface area contributed by atoms with Gasteiger partial charge in [-0.05, 0) is 55.9 Å². The molecule has 4 bridgehead atoms. The van der Waals surface area contributed by atoms with Crippen molar-refractivity contribution >= 4 is 17.6 Å². The van der Waals surface area contributed by atoms with Gasteiger partial charge >= 0.3 is 5.97 Å². The summed E-state index contributed by atoms with van der Waals surface area (Å²) in [5.41, 5.74) is -0.166. The van der Waals surface area contributed by atoms with Crippen molar-refractivity contribution in [2.24, 2.45) is 23.2 Å². The Morgan fingerprint density at radius 3 is 2.54 bits per heavy atom. The first-order chi connectivity index (χ1) is 12.4. The van der Waals surface area contributed by atoms with Crippen LogP contribution in [0.5, 0.6) is 0 Å². The molecule has 26 heavy (non-hydrogen) atoms. The van der Waals surface area contributed by atoms with Crippen molar-refractivity contribution in [1.82, 2.24) is 5.32 Å². The van der Waals surface area contributed by atoms with E-state index in [2.05, 4.69) is 5.32 Å². The summed E-state index contributed by atoms with van der Waals surface area (Å²) in [6.45, 7) is 0. The van der Waals surface area contributed by atoms with Gasteiger partial charge in [0.15, 0.2) is 0 Å². The van der Waals surface area contributed by atoms with Gasteiger partial charge in [0.25, 0.3) is 11.6 Å². The molecule has 1 aromatic carbocycles. The molecule has 4 fully saturated rings. The van der Waals surface area contributed by atoms with Crippen LogP contribution in [0.25, 0.3) is 0 Å². The Morgan fingerprint density at radius 2 is 1.92 bits per heavy atom. The van der Waals surface area contributed by atoms with Crippen LogP contribution in [-0.2, 0) is 9.53 Å². The topological polar surface area (TPSA) is 98.5 Å². The predicted octanol–water partition coefficient (Wildman–Crippen LogP) is 2.69. The maximum absolute atomic E-state index is 12.7. The lowest BCUT2D eigenvalue weighted by Crippen LogP contribution is -2.61. The second-order valence-corrected chi connectivity index (χ2v) is 8.05. The SMILES string of the molecule is COC(=O)C12CC3CC(C1)C(NC(=O)c1cccc([N+](=O)[O-])c1)C(C3)C2. The predicted molar refractivity (Wildman–Crippen MR) is 92.4 cm³/mol. The van der Waals surface area contributed by atoms with Gasteiger partial charge in [0, 0.05) is 23.7 Å². The van der Waals surface area contributed by atoms with Crippen molar-refractivity contribution in [2.45, 2.75) is 38.1 Å². The average molecular weight is 358 g/mol. The normalized spacial score (nSPS) is 34.3. The van der Waals surface area contributed by atoms with E-state index in [1.807, 2.05) is 0 Å². The van der Waals surface area contributed by atoms with Gasteiger partial charge in [-0.15, -0.1) is 0 Å². The number of nitrogens with one attached hydrogen (secondary N) is 1. The van der Waals surface area contributed by atoms with E-state index >= 15 is 0 Å². The smallest absolute Gasteiger partial charge is 0.311 e. The monoisotopic (exact) mass is 358 g/mol. The number of nitro benzene ring substituents is 1. The van der Waals surface area contributed by atoms with Crippen LogP contribution in [0.1, 0.15) is 42.5 Å². The standard InChI is InChI=1S/C19H22N2O5/c1-26-18(23)19-8-11-5-13(9-19)16(14(6-11)10-19)20-17(22)12-3-2-4-15(7-12)21(24)25/h2-4,7,11,13-14,16H,5-6,8-10H2,1H3,(H,20,22). The molecule has 0 aromatic heterocycles. The van der Waals surface area contributed by atoms with Crippen LogP contribution in [0.15, 0.2) is 24.3 Å². The van der Waals surface area contributed by atoms with Gasteiger partial charge in [0.1, 0.15) is 0 Å². The van der Waals surface area contributed by atoms with Crippen LogP contribution in [0.2, 0.25) is 0 Å². The minimum atomic E-state index is -0.500.